The monoisotopic (exact) mass is 610 g/mol. The van der Waals surface area contributed by atoms with Crippen LogP contribution in [0.2, 0.25) is 10.0 Å². The highest BCUT2D eigenvalue weighted by atomic mass is 35.5. The zero-order chi connectivity index (χ0) is 29.5. The summed E-state index contributed by atoms with van der Waals surface area (Å²) < 4.78 is 43.8. The Hall–Kier alpha value is -4.48. The van der Waals surface area contributed by atoms with Crippen molar-refractivity contribution in [2.45, 2.75) is 24.2 Å². The lowest BCUT2D eigenvalue weighted by Gasteiger charge is -2.29. The molecular formula is C29H19Cl2F3N6O2. The number of pyridine rings is 1. The van der Waals surface area contributed by atoms with Gasteiger partial charge in [0.1, 0.15) is 11.7 Å². The number of benzene rings is 3. The maximum atomic E-state index is 14.6. The molecule has 2 aromatic heterocycles. The van der Waals surface area contributed by atoms with Crippen LogP contribution < -0.4 is 5.32 Å². The highest BCUT2D eigenvalue weighted by molar-refractivity contribution is 6.34. The number of fused-ring (bicyclic) bond motifs is 1. The summed E-state index contributed by atoms with van der Waals surface area (Å²) in [6, 6.07) is 16.6. The lowest BCUT2D eigenvalue weighted by atomic mass is 9.84. The van der Waals surface area contributed by atoms with E-state index in [0.717, 1.165) is 0 Å². The molecule has 6 rings (SSSR count). The number of alkyl halides is 3. The first-order chi connectivity index (χ1) is 20.2. The number of aromatic amines is 1. The van der Waals surface area contributed by atoms with Crippen molar-refractivity contribution in [3.63, 3.8) is 0 Å². The predicted octanol–water partition coefficient (Wildman–Crippen LogP) is 6.76. The number of amides is 1. The standard InChI is InChI=1S/C29H19Cl2F3N6O2/c30-18-11-17(12-19(31)13-18)28(29(32,33)34)14-24(39-42-28)22-5-6-23(21-4-2-1-3-20(21)22)26(25-15-36-40-38-25)37-27(41)16-7-9-35-10-8-16/h1-13,15,26H,14H2,(H,37,41)(H,36,38,40). The van der Waals surface area contributed by atoms with Gasteiger partial charge in [0.05, 0.1) is 11.9 Å². The number of aromatic nitrogens is 4. The molecule has 1 aliphatic heterocycles. The third-order valence-electron chi connectivity index (χ3n) is 7.04. The van der Waals surface area contributed by atoms with E-state index in [1.807, 2.05) is 6.07 Å². The molecule has 2 atom stereocenters. The second kappa shape index (κ2) is 10.7. The number of hydrogen-bond donors (Lipinski definition) is 2. The lowest BCUT2D eigenvalue weighted by molar-refractivity contribution is -0.275. The van der Waals surface area contributed by atoms with E-state index >= 15 is 0 Å². The smallest absolute Gasteiger partial charge is 0.374 e. The first-order valence-electron chi connectivity index (χ1n) is 12.5. The molecule has 0 aliphatic carbocycles. The van der Waals surface area contributed by atoms with Gasteiger partial charge in [0.25, 0.3) is 11.5 Å². The quantitative estimate of drug-likeness (QED) is 0.221. The van der Waals surface area contributed by atoms with Gasteiger partial charge < -0.3 is 10.2 Å². The molecule has 1 aliphatic rings. The molecule has 212 valence electrons. The van der Waals surface area contributed by atoms with Crippen LogP contribution in [0.15, 0.2) is 90.5 Å². The minimum absolute atomic E-state index is 0.0423. The molecule has 0 saturated heterocycles. The number of halogens is 5. The van der Waals surface area contributed by atoms with E-state index in [4.69, 9.17) is 28.0 Å². The molecule has 0 spiro atoms. The Labute approximate surface area is 246 Å². The van der Waals surface area contributed by atoms with E-state index in [1.54, 1.807) is 42.5 Å². The van der Waals surface area contributed by atoms with Gasteiger partial charge in [-0.15, -0.1) is 0 Å². The van der Waals surface area contributed by atoms with Crippen molar-refractivity contribution in [1.29, 1.82) is 0 Å². The summed E-state index contributed by atoms with van der Waals surface area (Å²) in [5, 5.41) is 18.9. The molecule has 8 nitrogen and oxygen atoms in total. The van der Waals surface area contributed by atoms with Gasteiger partial charge in [-0.25, -0.2) is 0 Å². The van der Waals surface area contributed by atoms with E-state index < -0.39 is 24.2 Å². The number of hydrogen-bond acceptors (Lipinski definition) is 6. The molecular weight excluding hydrogens is 592 g/mol. The second-order valence-electron chi connectivity index (χ2n) is 9.57. The van der Waals surface area contributed by atoms with Crippen LogP contribution in [0, 0.1) is 0 Å². The molecule has 0 bridgehead atoms. The normalized spacial score (nSPS) is 17.5. The molecule has 42 heavy (non-hydrogen) atoms. The zero-order valence-electron chi connectivity index (χ0n) is 21.4. The van der Waals surface area contributed by atoms with Gasteiger partial charge in [0.15, 0.2) is 0 Å². The highest BCUT2D eigenvalue weighted by Crippen LogP contribution is 2.50. The Bertz CT molecular complexity index is 1800. The van der Waals surface area contributed by atoms with Crippen molar-refractivity contribution >= 4 is 45.6 Å². The number of H-pyrrole nitrogens is 1. The number of nitrogens with zero attached hydrogens (tertiary/aromatic N) is 4. The van der Waals surface area contributed by atoms with Crippen molar-refractivity contribution in [2.24, 2.45) is 5.16 Å². The molecule has 1 amide bonds. The summed E-state index contributed by atoms with van der Waals surface area (Å²) in [6.07, 6.45) is -0.942. The van der Waals surface area contributed by atoms with Gasteiger partial charge in [-0.3, -0.25) is 9.78 Å². The second-order valence-corrected chi connectivity index (χ2v) is 10.4. The summed E-state index contributed by atoms with van der Waals surface area (Å²) in [5.41, 5.74) is -1.03. The first-order valence-corrected chi connectivity index (χ1v) is 13.3. The number of oxime groups is 1. The first kappa shape index (κ1) is 27.7. The number of nitrogens with one attached hydrogen (secondary N) is 2. The zero-order valence-corrected chi connectivity index (χ0v) is 22.9. The van der Waals surface area contributed by atoms with Gasteiger partial charge in [0.2, 0.25) is 0 Å². The van der Waals surface area contributed by atoms with Crippen LogP contribution in [-0.2, 0) is 10.4 Å². The summed E-state index contributed by atoms with van der Waals surface area (Å²) in [6.45, 7) is 0. The van der Waals surface area contributed by atoms with Crippen LogP contribution in [0.1, 0.15) is 45.2 Å². The SMILES string of the molecule is O=C(NC(c1cn[nH]n1)c1ccc(C2=NOC(c3cc(Cl)cc(Cl)c3)(C(F)(F)F)C2)c2ccccc12)c1ccncc1. The van der Waals surface area contributed by atoms with E-state index in [9.17, 15) is 18.0 Å². The fourth-order valence-corrected chi connectivity index (χ4v) is 5.57. The topological polar surface area (TPSA) is 105 Å². The van der Waals surface area contributed by atoms with Crippen LogP contribution in [0.4, 0.5) is 13.2 Å². The molecule has 0 fully saturated rings. The molecule has 2 N–H and O–H groups in total. The Morgan fingerprint density at radius 2 is 1.71 bits per heavy atom. The van der Waals surface area contributed by atoms with Crippen molar-refractivity contribution in [3.05, 3.63) is 123 Å². The largest absolute Gasteiger partial charge is 0.435 e. The fraction of sp³-hybridized carbons (Fsp3) is 0.138. The maximum Gasteiger partial charge on any atom is 0.435 e. The fourth-order valence-electron chi connectivity index (χ4n) is 5.04. The van der Waals surface area contributed by atoms with E-state index in [1.165, 1.54) is 36.8 Å². The van der Waals surface area contributed by atoms with Crippen LogP contribution in [-0.4, -0.2) is 38.2 Å². The lowest BCUT2D eigenvalue weighted by Crippen LogP contribution is -2.42. The van der Waals surface area contributed by atoms with Crippen LogP contribution in [0.25, 0.3) is 10.8 Å². The third-order valence-corrected chi connectivity index (χ3v) is 7.48. The summed E-state index contributed by atoms with van der Waals surface area (Å²) in [4.78, 5) is 22.3. The third kappa shape index (κ3) is 4.94. The predicted molar refractivity (Wildman–Crippen MR) is 150 cm³/mol. The molecule has 5 aromatic rings. The van der Waals surface area contributed by atoms with Crippen LogP contribution in [0.3, 0.4) is 0 Å². The minimum Gasteiger partial charge on any atom is -0.374 e. The summed E-state index contributed by atoms with van der Waals surface area (Å²) in [5.74, 6) is -0.373. The van der Waals surface area contributed by atoms with E-state index in [2.05, 4.69) is 30.9 Å². The van der Waals surface area contributed by atoms with Gasteiger partial charge in [-0.05, 0) is 46.7 Å². The molecule has 13 heteroatoms. The average molecular weight is 611 g/mol. The molecule has 3 heterocycles. The van der Waals surface area contributed by atoms with Gasteiger partial charge in [0, 0.05) is 45.6 Å². The number of rotatable bonds is 6. The molecule has 0 saturated carbocycles. The Balaban J connectivity index is 1.42. The van der Waals surface area contributed by atoms with Gasteiger partial charge in [-0.1, -0.05) is 64.8 Å². The maximum absolute atomic E-state index is 14.6. The number of carbonyl (C=O) groups excluding carboxylic acids is 1. The average Bonchev–Trinajstić information content (AvgIpc) is 3.67. The molecule has 0 radical (unpaired) electrons. The highest BCUT2D eigenvalue weighted by Gasteiger charge is 2.62. The summed E-state index contributed by atoms with van der Waals surface area (Å²) >= 11 is 12.1. The Morgan fingerprint density at radius 1 is 1.00 bits per heavy atom. The van der Waals surface area contributed by atoms with Gasteiger partial charge >= 0.3 is 6.18 Å². The van der Waals surface area contributed by atoms with Crippen LogP contribution in [0.5, 0.6) is 0 Å². The number of carbonyl (C=O) groups is 1. The van der Waals surface area contributed by atoms with Gasteiger partial charge in [-0.2, -0.15) is 28.6 Å². The molecule has 2 unspecified atom stereocenters. The van der Waals surface area contributed by atoms with E-state index in [0.29, 0.717) is 33.2 Å². The Morgan fingerprint density at radius 3 is 2.38 bits per heavy atom. The molecule has 3 aromatic carbocycles. The summed E-state index contributed by atoms with van der Waals surface area (Å²) in [7, 11) is 0. The Kier molecular flexibility index (Phi) is 7.07. The van der Waals surface area contributed by atoms with Crippen molar-refractivity contribution < 1.29 is 22.8 Å². The van der Waals surface area contributed by atoms with Crippen molar-refractivity contribution in [2.75, 3.05) is 0 Å². The minimum atomic E-state index is -4.84. The van der Waals surface area contributed by atoms with Crippen molar-refractivity contribution in [1.82, 2.24) is 25.7 Å². The van der Waals surface area contributed by atoms with E-state index in [-0.39, 0.29) is 27.2 Å². The van der Waals surface area contributed by atoms with Crippen molar-refractivity contribution in [3.8, 4) is 0 Å². The van der Waals surface area contributed by atoms with Crippen LogP contribution >= 0.6 is 23.2 Å².